The normalized spacial score (nSPS) is 12.2. The minimum atomic E-state index is -3.43. The molecular formula is C9H13N5O2S2. The van der Waals surface area contributed by atoms with Gasteiger partial charge in [0.2, 0.25) is 0 Å². The molecule has 2 rings (SSSR count). The third kappa shape index (κ3) is 2.93. The fourth-order valence-electron chi connectivity index (χ4n) is 1.19. The summed E-state index contributed by atoms with van der Waals surface area (Å²) in [4.78, 5) is 0. The molecule has 2 heterocycles. The van der Waals surface area contributed by atoms with Crippen LogP contribution in [0.4, 0.5) is 0 Å². The van der Waals surface area contributed by atoms with E-state index in [4.69, 9.17) is 0 Å². The van der Waals surface area contributed by atoms with Crippen molar-refractivity contribution in [3.8, 4) is 5.69 Å². The molecule has 2 aromatic rings. The first-order chi connectivity index (χ1) is 8.49. The Morgan fingerprint density at radius 3 is 2.89 bits per heavy atom. The van der Waals surface area contributed by atoms with E-state index in [9.17, 15) is 8.42 Å². The molecule has 7 nitrogen and oxygen atoms in total. The Balaban J connectivity index is 2.04. The first kappa shape index (κ1) is 13.1. The van der Waals surface area contributed by atoms with Gasteiger partial charge in [-0.2, -0.15) is 28.8 Å². The number of hydrogen-bond acceptors (Lipinski definition) is 5. The zero-order chi connectivity index (χ0) is 13.2. The van der Waals surface area contributed by atoms with Gasteiger partial charge >= 0.3 is 0 Å². The topological polar surface area (TPSA) is 80.1 Å². The number of nitrogens with zero attached hydrogens (tertiary/aromatic N) is 4. The van der Waals surface area contributed by atoms with Crippen LogP contribution in [0.1, 0.15) is 5.69 Å². The van der Waals surface area contributed by atoms with Crippen molar-refractivity contribution >= 4 is 21.5 Å². The van der Waals surface area contributed by atoms with Crippen molar-refractivity contribution in [3.63, 3.8) is 0 Å². The molecule has 0 unspecified atom stereocenters. The van der Waals surface area contributed by atoms with Crippen LogP contribution in [0.3, 0.4) is 0 Å². The molecular weight excluding hydrogens is 274 g/mol. The molecule has 18 heavy (non-hydrogen) atoms. The molecule has 0 aliphatic heterocycles. The highest BCUT2D eigenvalue weighted by atomic mass is 32.2. The van der Waals surface area contributed by atoms with E-state index >= 15 is 0 Å². The summed E-state index contributed by atoms with van der Waals surface area (Å²) in [5.41, 5.74) is 1.47. The largest absolute Gasteiger partial charge is 0.279 e. The maximum absolute atomic E-state index is 11.5. The SMILES string of the molecule is CN(C)S(=O)(=O)NCc1cn(-c2ccsc2)nn1. The highest BCUT2D eigenvalue weighted by Gasteiger charge is 2.13. The second kappa shape index (κ2) is 5.14. The second-order valence-electron chi connectivity index (χ2n) is 3.74. The summed E-state index contributed by atoms with van der Waals surface area (Å²) >= 11 is 1.56. The Morgan fingerprint density at radius 1 is 1.50 bits per heavy atom. The lowest BCUT2D eigenvalue weighted by Crippen LogP contribution is -2.35. The van der Waals surface area contributed by atoms with Gasteiger partial charge in [0, 0.05) is 19.5 Å². The molecule has 0 saturated heterocycles. The van der Waals surface area contributed by atoms with E-state index in [1.54, 1.807) is 22.2 Å². The minimum absolute atomic E-state index is 0.116. The van der Waals surface area contributed by atoms with Crippen LogP contribution in [0.5, 0.6) is 0 Å². The third-order valence-electron chi connectivity index (χ3n) is 2.23. The van der Waals surface area contributed by atoms with Crippen LogP contribution in [0.25, 0.3) is 5.69 Å². The fourth-order valence-corrected chi connectivity index (χ4v) is 2.40. The van der Waals surface area contributed by atoms with Gasteiger partial charge in [-0.25, -0.2) is 4.68 Å². The summed E-state index contributed by atoms with van der Waals surface area (Å²) < 4.78 is 28.1. The van der Waals surface area contributed by atoms with E-state index in [1.165, 1.54) is 14.1 Å². The van der Waals surface area contributed by atoms with Crippen molar-refractivity contribution < 1.29 is 8.42 Å². The molecule has 0 aliphatic rings. The van der Waals surface area contributed by atoms with Gasteiger partial charge in [-0.3, -0.25) is 0 Å². The van der Waals surface area contributed by atoms with E-state index in [0.717, 1.165) is 9.99 Å². The standard InChI is InChI=1S/C9H13N5O2S2/c1-13(2)18(15,16)10-5-8-6-14(12-11-8)9-3-4-17-7-9/h3-4,6-7,10H,5H2,1-2H3. The molecule has 0 atom stereocenters. The van der Waals surface area contributed by atoms with Crippen LogP contribution in [-0.4, -0.2) is 41.8 Å². The zero-order valence-corrected chi connectivity index (χ0v) is 11.6. The molecule has 0 aromatic carbocycles. The van der Waals surface area contributed by atoms with Crippen molar-refractivity contribution in [3.05, 3.63) is 28.7 Å². The first-order valence-electron chi connectivity index (χ1n) is 5.10. The lowest BCUT2D eigenvalue weighted by Gasteiger charge is -2.10. The van der Waals surface area contributed by atoms with Gasteiger partial charge in [-0.15, -0.1) is 5.10 Å². The van der Waals surface area contributed by atoms with Crippen molar-refractivity contribution in [2.45, 2.75) is 6.54 Å². The molecule has 9 heteroatoms. The highest BCUT2D eigenvalue weighted by Crippen LogP contribution is 2.10. The van der Waals surface area contributed by atoms with E-state index in [0.29, 0.717) is 5.69 Å². The molecule has 0 amide bonds. The van der Waals surface area contributed by atoms with Crippen LogP contribution in [0.15, 0.2) is 23.0 Å². The molecule has 98 valence electrons. The van der Waals surface area contributed by atoms with Gasteiger partial charge in [0.15, 0.2) is 0 Å². The zero-order valence-electron chi connectivity index (χ0n) is 9.94. The molecule has 1 N–H and O–H groups in total. The van der Waals surface area contributed by atoms with Crippen LogP contribution >= 0.6 is 11.3 Å². The Morgan fingerprint density at radius 2 is 2.28 bits per heavy atom. The number of rotatable bonds is 5. The maximum Gasteiger partial charge on any atom is 0.279 e. The number of nitrogens with one attached hydrogen (secondary N) is 1. The Kier molecular flexibility index (Phi) is 3.76. The van der Waals surface area contributed by atoms with Gasteiger partial charge in [0.1, 0.15) is 0 Å². The van der Waals surface area contributed by atoms with Crippen LogP contribution < -0.4 is 4.72 Å². The lowest BCUT2D eigenvalue weighted by atomic mass is 10.5. The van der Waals surface area contributed by atoms with Gasteiger partial charge in [-0.05, 0) is 11.4 Å². The minimum Gasteiger partial charge on any atom is -0.220 e. The molecule has 0 radical (unpaired) electrons. The summed E-state index contributed by atoms with van der Waals surface area (Å²) in [5, 5.41) is 11.7. The van der Waals surface area contributed by atoms with Crippen LogP contribution in [0.2, 0.25) is 0 Å². The predicted molar refractivity (Wildman–Crippen MR) is 68.7 cm³/mol. The molecule has 2 aromatic heterocycles. The summed E-state index contributed by atoms with van der Waals surface area (Å²) in [5.74, 6) is 0. The number of thiophene rings is 1. The Labute approximate surface area is 109 Å². The van der Waals surface area contributed by atoms with Crippen LogP contribution in [0, 0.1) is 0 Å². The molecule has 0 spiro atoms. The predicted octanol–water partition coefficient (Wildman–Crippen LogP) is 0.225. The quantitative estimate of drug-likeness (QED) is 0.853. The van der Waals surface area contributed by atoms with Crippen molar-refractivity contribution in [2.75, 3.05) is 14.1 Å². The third-order valence-corrected chi connectivity index (χ3v) is 4.37. The van der Waals surface area contributed by atoms with Crippen molar-refractivity contribution in [1.82, 2.24) is 24.0 Å². The summed E-state index contributed by atoms with van der Waals surface area (Å²) in [7, 11) is -0.507. The summed E-state index contributed by atoms with van der Waals surface area (Å²) in [6, 6.07) is 1.91. The number of hydrogen-bond donors (Lipinski definition) is 1. The van der Waals surface area contributed by atoms with Gasteiger partial charge < -0.3 is 0 Å². The molecule has 0 saturated carbocycles. The van der Waals surface area contributed by atoms with E-state index in [2.05, 4.69) is 15.0 Å². The van der Waals surface area contributed by atoms with Gasteiger partial charge in [0.25, 0.3) is 10.2 Å². The highest BCUT2D eigenvalue weighted by molar-refractivity contribution is 7.87. The van der Waals surface area contributed by atoms with Crippen molar-refractivity contribution in [1.29, 1.82) is 0 Å². The average molecular weight is 287 g/mol. The number of aromatic nitrogens is 3. The van der Waals surface area contributed by atoms with Gasteiger partial charge in [0.05, 0.1) is 24.1 Å². The van der Waals surface area contributed by atoms with E-state index in [1.807, 2.05) is 16.8 Å². The first-order valence-corrected chi connectivity index (χ1v) is 7.48. The molecule has 0 aliphatic carbocycles. The lowest BCUT2D eigenvalue weighted by molar-refractivity contribution is 0.504. The smallest absolute Gasteiger partial charge is 0.220 e. The molecule has 0 fully saturated rings. The van der Waals surface area contributed by atoms with E-state index < -0.39 is 10.2 Å². The summed E-state index contributed by atoms with van der Waals surface area (Å²) in [6.07, 6.45) is 1.69. The van der Waals surface area contributed by atoms with Crippen LogP contribution in [-0.2, 0) is 16.8 Å². The maximum atomic E-state index is 11.5. The Bertz CT molecular complexity index is 603. The van der Waals surface area contributed by atoms with E-state index in [-0.39, 0.29) is 6.54 Å². The van der Waals surface area contributed by atoms with Crippen molar-refractivity contribution in [2.24, 2.45) is 0 Å². The van der Waals surface area contributed by atoms with Gasteiger partial charge in [-0.1, -0.05) is 5.21 Å². The fraction of sp³-hybridized carbons (Fsp3) is 0.333. The Hall–Kier alpha value is -1.29. The second-order valence-corrected chi connectivity index (χ2v) is 6.49. The summed E-state index contributed by atoms with van der Waals surface area (Å²) in [6.45, 7) is 0.116. The average Bonchev–Trinajstić information content (AvgIpc) is 2.97. The monoisotopic (exact) mass is 287 g/mol. The molecule has 0 bridgehead atoms.